The van der Waals surface area contributed by atoms with Crippen LogP contribution in [0.2, 0.25) is 0 Å². The lowest BCUT2D eigenvalue weighted by atomic mass is 9.79. The fraction of sp³-hybridized carbons (Fsp3) is 0.667. The number of hydrogen-bond donors (Lipinski definition) is 1. The SMILES string of the molecule is CNC1CCC(C(C)C)CC1Sc1ccc(C)c(C)c1. The Morgan fingerprint density at radius 3 is 2.50 bits per heavy atom. The Morgan fingerprint density at radius 1 is 1.15 bits per heavy atom. The summed E-state index contributed by atoms with van der Waals surface area (Å²) < 4.78 is 0. The van der Waals surface area contributed by atoms with E-state index in [-0.39, 0.29) is 0 Å². The molecule has 0 bridgehead atoms. The molecular formula is C18H29NS. The maximum Gasteiger partial charge on any atom is 0.0251 e. The van der Waals surface area contributed by atoms with Gasteiger partial charge in [0.2, 0.25) is 0 Å². The van der Waals surface area contributed by atoms with Gasteiger partial charge in [-0.2, -0.15) is 0 Å². The Labute approximate surface area is 128 Å². The fourth-order valence-electron chi connectivity index (χ4n) is 3.19. The summed E-state index contributed by atoms with van der Waals surface area (Å²) in [5, 5.41) is 4.25. The molecule has 1 saturated carbocycles. The van der Waals surface area contributed by atoms with Gasteiger partial charge in [0.1, 0.15) is 0 Å². The van der Waals surface area contributed by atoms with E-state index in [4.69, 9.17) is 0 Å². The average Bonchev–Trinajstić information content (AvgIpc) is 2.42. The van der Waals surface area contributed by atoms with Gasteiger partial charge in [0.05, 0.1) is 0 Å². The van der Waals surface area contributed by atoms with Crippen LogP contribution in [0.4, 0.5) is 0 Å². The van der Waals surface area contributed by atoms with Gasteiger partial charge in [0.15, 0.2) is 0 Å². The second kappa shape index (κ2) is 7.00. The van der Waals surface area contributed by atoms with Crippen molar-refractivity contribution in [1.82, 2.24) is 5.32 Å². The van der Waals surface area contributed by atoms with Gasteiger partial charge in [0, 0.05) is 16.2 Å². The highest BCUT2D eigenvalue weighted by molar-refractivity contribution is 8.00. The maximum atomic E-state index is 3.54. The van der Waals surface area contributed by atoms with Crippen LogP contribution in [0.25, 0.3) is 0 Å². The van der Waals surface area contributed by atoms with E-state index in [0.29, 0.717) is 11.3 Å². The maximum absolute atomic E-state index is 3.54. The molecule has 3 unspecified atom stereocenters. The van der Waals surface area contributed by atoms with E-state index in [1.807, 2.05) is 0 Å². The highest BCUT2D eigenvalue weighted by atomic mass is 32.2. The van der Waals surface area contributed by atoms with Crippen LogP contribution in [0.15, 0.2) is 23.1 Å². The van der Waals surface area contributed by atoms with Crippen molar-refractivity contribution < 1.29 is 0 Å². The predicted octanol–water partition coefficient (Wildman–Crippen LogP) is 4.81. The molecule has 20 heavy (non-hydrogen) atoms. The minimum Gasteiger partial charge on any atom is -0.316 e. The molecule has 0 aliphatic heterocycles. The molecule has 1 nitrogen and oxygen atoms in total. The van der Waals surface area contributed by atoms with Crippen molar-refractivity contribution in [3.63, 3.8) is 0 Å². The third-order valence-corrected chi connectivity index (χ3v) is 6.26. The Kier molecular flexibility index (Phi) is 5.57. The van der Waals surface area contributed by atoms with Gasteiger partial charge in [-0.25, -0.2) is 0 Å². The molecule has 0 amide bonds. The zero-order chi connectivity index (χ0) is 14.7. The molecule has 0 aromatic heterocycles. The first-order chi connectivity index (χ1) is 9.51. The Morgan fingerprint density at radius 2 is 1.90 bits per heavy atom. The summed E-state index contributed by atoms with van der Waals surface area (Å²) in [5.41, 5.74) is 2.80. The summed E-state index contributed by atoms with van der Waals surface area (Å²) in [7, 11) is 2.12. The number of aryl methyl sites for hydroxylation is 2. The third-order valence-electron chi connectivity index (χ3n) is 4.91. The summed E-state index contributed by atoms with van der Waals surface area (Å²) in [6.45, 7) is 9.16. The molecule has 1 fully saturated rings. The topological polar surface area (TPSA) is 12.0 Å². The summed E-state index contributed by atoms with van der Waals surface area (Å²) >= 11 is 2.08. The van der Waals surface area contributed by atoms with Gasteiger partial charge in [-0.15, -0.1) is 11.8 Å². The van der Waals surface area contributed by atoms with Crippen molar-refractivity contribution in [3.05, 3.63) is 29.3 Å². The van der Waals surface area contributed by atoms with E-state index in [2.05, 4.69) is 70.0 Å². The van der Waals surface area contributed by atoms with Crippen molar-refractivity contribution in [1.29, 1.82) is 0 Å². The van der Waals surface area contributed by atoms with E-state index in [1.54, 1.807) is 0 Å². The van der Waals surface area contributed by atoms with Gasteiger partial charge in [0.25, 0.3) is 0 Å². The van der Waals surface area contributed by atoms with E-state index in [0.717, 1.165) is 11.8 Å². The second-order valence-corrected chi connectivity index (χ2v) is 7.93. The molecule has 1 aliphatic rings. The van der Waals surface area contributed by atoms with Crippen LogP contribution >= 0.6 is 11.8 Å². The lowest BCUT2D eigenvalue weighted by Gasteiger charge is -2.37. The van der Waals surface area contributed by atoms with E-state index < -0.39 is 0 Å². The van der Waals surface area contributed by atoms with Crippen LogP contribution in [0.1, 0.15) is 44.2 Å². The van der Waals surface area contributed by atoms with Crippen LogP contribution in [0, 0.1) is 25.7 Å². The van der Waals surface area contributed by atoms with Crippen LogP contribution in [0.3, 0.4) is 0 Å². The van der Waals surface area contributed by atoms with Crippen LogP contribution < -0.4 is 5.32 Å². The molecule has 0 saturated heterocycles. The summed E-state index contributed by atoms with van der Waals surface area (Å²) in [4.78, 5) is 1.43. The molecule has 112 valence electrons. The zero-order valence-electron chi connectivity index (χ0n) is 13.6. The van der Waals surface area contributed by atoms with Gasteiger partial charge in [-0.1, -0.05) is 19.9 Å². The van der Waals surface area contributed by atoms with Crippen molar-refractivity contribution in [2.24, 2.45) is 11.8 Å². The first-order valence-electron chi connectivity index (χ1n) is 7.92. The van der Waals surface area contributed by atoms with Gasteiger partial charge in [-0.05, 0) is 75.3 Å². The minimum absolute atomic E-state index is 0.664. The molecule has 2 heteroatoms. The molecule has 0 heterocycles. The first-order valence-corrected chi connectivity index (χ1v) is 8.80. The monoisotopic (exact) mass is 291 g/mol. The zero-order valence-corrected chi connectivity index (χ0v) is 14.4. The normalized spacial score (nSPS) is 27.0. The lowest BCUT2D eigenvalue weighted by molar-refractivity contribution is 0.251. The molecule has 1 aliphatic carbocycles. The van der Waals surface area contributed by atoms with E-state index in [9.17, 15) is 0 Å². The molecule has 1 N–H and O–H groups in total. The molecule has 1 aromatic carbocycles. The van der Waals surface area contributed by atoms with Crippen molar-refractivity contribution in [2.75, 3.05) is 7.05 Å². The average molecular weight is 292 g/mol. The second-order valence-electron chi connectivity index (χ2n) is 6.61. The minimum atomic E-state index is 0.664. The largest absolute Gasteiger partial charge is 0.316 e. The summed E-state index contributed by atoms with van der Waals surface area (Å²) in [6.07, 6.45) is 4.05. The van der Waals surface area contributed by atoms with Crippen molar-refractivity contribution in [2.45, 2.75) is 63.1 Å². The molecule has 1 aromatic rings. The van der Waals surface area contributed by atoms with Crippen LogP contribution in [0.5, 0.6) is 0 Å². The molecular weight excluding hydrogens is 262 g/mol. The highest BCUT2D eigenvalue weighted by Gasteiger charge is 2.31. The molecule has 0 radical (unpaired) electrons. The molecule has 3 atom stereocenters. The summed E-state index contributed by atoms with van der Waals surface area (Å²) in [5.74, 6) is 1.71. The predicted molar refractivity (Wildman–Crippen MR) is 90.6 cm³/mol. The number of thioether (sulfide) groups is 1. The van der Waals surface area contributed by atoms with Crippen LogP contribution in [-0.2, 0) is 0 Å². The van der Waals surface area contributed by atoms with Gasteiger partial charge in [-0.3, -0.25) is 0 Å². The molecule has 2 rings (SSSR count). The Bertz CT molecular complexity index is 441. The van der Waals surface area contributed by atoms with Gasteiger partial charge >= 0.3 is 0 Å². The standard InChI is InChI=1S/C18H29NS/c1-12(2)15-7-9-17(19-5)18(11-15)20-16-8-6-13(3)14(4)10-16/h6,8,10,12,15,17-19H,7,9,11H2,1-5H3. The van der Waals surface area contributed by atoms with Gasteiger partial charge < -0.3 is 5.32 Å². The lowest BCUT2D eigenvalue weighted by Crippen LogP contribution is -2.41. The smallest absolute Gasteiger partial charge is 0.0251 e. The number of rotatable bonds is 4. The summed E-state index contributed by atoms with van der Waals surface area (Å²) in [6, 6.07) is 7.57. The number of nitrogens with one attached hydrogen (secondary N) is 1. The Hall–Kier alpha value is -0.470. The van der Waals surface area contributed by atoms with Crippen LogP contribution in [-0.4, -0.2) is 18.3 Å². The quantitative estimate of drug-likeness (QED) is 0.854. The van der Waals surface area contributed by atoms with Crippen molar-refractivity contribution in [3.8, 4) is 0 Å². The number of benzene rings is 1. The molecule has 0 spiro atoms. The highest BCUT2D eigenvalue weighted by Crippen LogP contribution is 2.39. The third kappa shape index (κ3) is 3.79. The Balaban J connectivity index is 2.09. The van der Waals surface area contributed by atoms with Crippen molar-refractivity contribution >= 4 is 11.8 Å². The number of hydrogen-bond acceptors (Lipinski definition) is 2. The fourth-order valence-corrected chi connectivity index (χ4v) is 4.71. The van der Waals surface area contributed by atoms with E-state index in [1.165, 1.54) is 35.3 Å². The first kappa shape index (κ1) is 15.9. The van der Waals surface area contributed by atoms with E-state index >= 15 is 0 Å².